The van der Waals surface area contributed by atoms with Crippen molar-refractivity contribution in [2.24, 2.45) is 7.05 Å². The standard InChI is InChI=1S/C18H18ClFN4O2/c1-22-12-13(11-21-22)2-5-17(25)23-6-8-24(9-7-23)18(26)15-10-14(19)3-4-16(15)20/h2-5,10-12H,6-9H2,1H3/b5-2+. The van der Waals surface area contributed by atoms with Gasteiger partial charge in [-0.05, 0) is 24.3 Å². The van der Waals surface area contributed by atoms with Crippen LogP contribution in [0, 0.1) is 5.82 Å². The van der Waals surface area contributed by atoms with E-state index in [9.17, 15) is 14.0 Å². The monoisotopic (exact) mass is 376 g/mol. The average Bonchev–Trinajstić information content (AvgIpc) is 3.06. The molecular formula is C18H18ClFN4O2. The number of halogens is 2. The van der Waals surface area contributed by atoms with Gasteiger partial charge in [0.1, 0.15) is 5.82 Å². The van der Waals surface area contributed by atoms with Crippen molar-refractivity contribution >= 4 is 29.5 Å². The van der Waals surface area contributed by atoms with Crippen LogP contribution in [0.15, 0.2) is 36.7 Å². The molecule has 0 atom stereocenters. The Hall–Kier alpha value is -2.67. The smallest absolute Gasteiger partial charge is 0.257 e. The fourth-order valence-corrected chi connectivity index (χ4v) is 2.93. The highest BCUT2D eigenvalue weighted by Crippen LogP contribution is 2.18. The lowest BCUT2D eigenvalue weighted by atomic mass is 10.1. The number of carbonyl (C=O) groups is 2. The number of nitrogens with zero attached hydrogens (tertiary/aromatic N) is 4. The summed E-state index contributed by atoms with van der Waals surface area (Å²) in [5.74, 6) is -1.14. The molecule has 2 heterocycles. The van der Waals surface area contributed by atoms with Crippen LogP contribution in [-0.2, 0) is 11.8 Å². The molecule has 0 radical (unpaired) electrons. The third-order valence-corrected chi connectivity index (χ3v) is 4.42. The van der Waals surface area contributed by atoms with Crippen LogP contribution in [-0.4, -0.2) is 57.6 Å². The fraction of sp³-hybridized carbons (Fsp3) is 0.278. The van der Waals surface area contributed by atoms with Gasteiger partial charge in [-0.25, -0.2) is 4.39 Å². The largest absolute Gasteiger partial charge is 0.336 e. The number of carbonyl (C=O) groups excluding carboxylic acids is 2. The first-order valence-electron chi connectivity index (χ1n) is 8.14. The molecule has 1 aliphatic heterocycles. The number of benzene rings is 1. The summed E-state index contributed by atoms with van der Waals surface area (Å²) in [4.78, 5) is 27.9. The molecule has 1 saturated heterocycles. The van der Waals surface area contributed by atoms with Crippen LogP contribution in [0.5, 0.6) is 0 Å². The first-order valence-corrected chi connectivity index (χ1v) is 8.52. The van der Waals surface area contributed by atoms with Gasteiger partial charge in [-0.2, -0.15) is 5.10 Å². The van der Waals surface area contributed by atoms with Gasteiger partial charge in [0.15, 0.2) is 0 Å². The summed E-state index contributed by atoms with van der Waals surface area (Å²) in [5, 5.41) is 4.34. The van der Waals surface area contributed by atoms with E-state index in [1.807, 2.05) is 0 Å². The Kier molecular flexibility index (Phi) is 5.37. The van der Waals surface area contributed by atoms with Crippen LogP contribution in [0.25, 0.3) is 6.08 Å². The molecule has 1 aliphatic rings. The van der Waals surface area contributed by atoms with Gasteiger partial charge in [0.2, 0.25) is 5.91 Å². The quantitative estimate of drug-likeness (QED) is 0.772. The number of hydrogen-bond donors (Lipinski definition) is 0. The van der Waals surface area contributed by atoms with Gasteiger partial charge in [-0.1, -0.05) is 11.6 Å². The Labute approximate surface area is 155 Å². The van der Waals surface area contributed by atoms with Gasteiger partial charge in [0.25, 0.3) is 5.91 Å². The number of aryl methyl sites for hydroxylation is 1. The highest BCUT2D eigenvalue weighted by molar-refractivity contribution is 6.31. The first-order chi connectivity index (χ1) is 12.4. The summed E-state index contributed by atoms with van der Waals surface area (Å²) in [7, 11) is 1.80. The maximum Gasteiger partial charge on any atom is 0.257 e. The van der Waals surface area contributed by atoms with Gasteiger partial charge in [-0.15, -0.1) is 0 Å². The highest BCUT2D eigenvalue weighted by atomic mass is 35.5. The van der Waals surface area contributed by atoms with E-state index in [0.717, 1.165) is 5.56 Å². The summed E-state index contributed by atoms with van der Waals surface area (Å²) in [6, 6.07) is 3.91. The highest BCUT2D eigenvalue weighted by Gasteiger charge is 2.25. The van der Waals surface area contributed by atoms with Crippen molar-refractivity contribution in [3.63, 3.8) is 0 Å². The predicted octanol–water partition coefficient (Wildman–Crippen LogP) is 2.21. The van der Waals surface area contributed by atoms with Crippen LogP contribution in [0.2, 0.25) is 5.02 Å². The van der Waals surface area contributed by atoms with Crippen molar-refractivity contribution in [1.82, 2.24) is 19.6 Å². The number of piperazine rings is 1. The van der Waals surface area contributed by atoms with Crippen molar-refractivity contribution in [2.45, 2.75) is 0 Å². The van der Waals surface area contributed by atoms with Crippen LogP contribution < -0.4 is 0 Å². The molecule has 0 unspecified atom stereocenters. The van der Waals surface area contributed by atoms with Crippen LogP contribution in [0.3, 0.4) is 0 Å². The van der Waals surface area contributed by atoms with Gasteiger partial charge in [-0.3, -0.25) is 14.3 Å². The maximum atomic E-state index is 13.9. The summed E-state index contributed by atoms with van der Waals surface area (Å²) >= 11 is 5.85. The molecule has 0 bridgehead atoms. The Morgan fingerprint density at radius 2 is 1.88 bits per heavy atom. The van der Waals surface area contributed by atoms with Crippen molar-refractivity contribution in [3.05, 3.63) is 58.6 Å². The average molecular weight is 377 g/mol. The lowest BCUT2D eigenvalue weighted by Crippen LogP contribution is -2.50. The van der Waals surface area contributed by atoms with E-state index in [1.165, 1.54) is 29.2 Å². The van der Waals surface area contributed by atoms with E-state index in [0.29, 0.717) is 31.2 Å². The van der Waals surface area contributed by atoms with Crippen LogP contribution >= 0.6 is 11.6 Å². The number of rotatable bonds is 3. The second-order valence-corrected chi connectivity index (χ2v) is 6.46. The molecule has 3 rings (SSSR count). The second-order valence-electron chi connectivity index (χ2n) is 6.02. The molecule has 1 aromatic heterocycles. The van der Waals surface area contributed by atoms with E-state index >= 15 is 0 Å². The van der Waals surface area contributed by atoms with Gasteiger partial charge in [0, 0.05) is 56.1 Å². The normalized spacial score (nSPS) is 14.9. The van der Waals surface area contributed by atoms with Gasteiger partial charge < -0.3 is 9.80 Å². The van der Waals surface area contributed by atoms with E-state index < -0.39 is 11.7 Å². The minimum Gasteiger partial charge on any atom is -0.336 e. The van der Waals surface area contributed by atoms with Gasteiger partial charge >= 0.3 is 0 Å². The minimum atomic E-state index is -0.600. The summed E-state index contributed by atoms with van der Waals surface area (Å²) < 4.78 is 15.5. The summed E-state index contributed by atoms with van der Waals surface area (Å²) in [6.07, 6.45) is 6.67. The number of aromatic nitrogens is 2. The topological polar surface area (TPSA) is 58.4 Å². The van der Waals surface area contributed by atoms with Crippen LogP contribution in [0.4, 0.5) is 4.39 Å². The first kappa shape index (κ1) is 18.1. The molecule has 6 nitrogen and oxygen atoms in total. The van der Waals surface area contributed by atoms with Gasteiger partial charge in [0.05, 0.1) is 11.8 Å². The lowest BCUT2D eigenvalue weighted by molar-refractivity contribution is -0.127. The van der Waals surface area contributed by atoms with Crippen molar-refractivity contribution in [1.29, 1.82) is 0 Å². The Morgan fingerprint density at radius 1 is 1.19 bits per heavy atom. The van der Waals surface area contributed by atoms with Crippen molar-refractivity contribution in [3.8, 4) is 0 Å². The minimum absolute atomic E-state index is 0.0475. The SMILES string of the molecule is Cn1cc(/C=C/C(=O)N2CCN(C(=O)c3cc(Cl)ccc3F)CC2)cn1. The zero-order valence-corrected chi connectivity index (χ0v) is 15.0. The fourth-order valence-electron chi connectivity index (χ4n) is 2.76. The Bertz CT molecular complexity index is 857. The molecule has 0 saturated carbocycles. The zero-order chi connectivity index (χ0) is 18.7. The molecule has 0 spiro atoms. The molecule has 0 N–H and O–H groups in total. The molecule has 1 fully saturated rings. The molecule has 136 valence electrons. The van der Waals surface area contributed by atoms with E-state index in [1.54, 1.807) is 35.1 Å². The van der Waals surface area contributed by atoms with E-state index in [-0.39, 0.29) is 11.5 Å². The zero-order valence-electron chi connectivity index (χ0n) is 14.2. The molecular weight excluding hydrogens is 359 g/mol. The summed E-state index contributed by atoms with van der Waals surface area (Å²) in [5.41, 5.74) is 0.792. The lowest BCUT2D eigenvalue weighted by Gasteiger charge is -2.34. The summed E-state index contributed by atoms with van der Waals surface area (Å²) in [6.45, 7) is 1.47. The Balaban J connectivity index is 1.58. The number of hydrogen-bond acceptors (Lipinski definition) is 3. The molecule has 1 aromatic carbocycles. The Morgan fingerprint density at radius 3 is 2.54 bits per heavy atom. The number of amides is 2. The molecule has 0 aliphatic carbocycles. The van der Waals surface area contributed by atoms with Crippen LogP contribution in [0.1, 0.15) is 15.9 Å². The third-order valence-electron chi connectivity index (χ3n) is 4.18. The second kappa shape index (κ2) is 7.70. The molecule has 26 heavy (non-hydrogen) atoms. The predicted molar refractivity (Wildman–Crippen MR) is 96.1 cm³/mol. The maximum absolute atomic E-state index is 13.9. The third kappa shape index (κ3) is 4.11. The van der Waals surface area contributed by atoms with Crippen molar-refractivity contribution < 1.29 is 14.0 Å². The molecule has 2 amide bonds. The van der Waals surface area contributed by atoms with E-state index in [4.69, 9.17) is 11.6 Å². The molecule has 8 heteroatoms. The van der Waals surface area contributed by atoms with E-state index in [2.05, 4.69) is 5.10 Å². The molecule has 2 aromatic rings. The van der Waals surface area contributed by atoms with Crippen molar-refractivity contribution in [2.75, 3.05) is 26.2 Å².